The second-order valence-electron chi connectivity index (χ2n) is 4.33. The fraction of sp³-hybridized carbons (Fsp3) is 0.231. The van der Waals surface area contributed by atoms with Gasteiger partial charge in [-0.15, -0.1) is 0 Å². The molecule has 0 aromatic carbocycles. The highest BCUT2D eigenvalue weighted by molar-refractivity contribution is 5.43. The molecule has 0 aliphatic rings. The van der Waals surface area contributed by atoms with Gasteiger partial charge in [0.05, 0.1) is 17.7 Å². The van der Waals surface area contributed by atoms with E-state index in [2.05, 4.69) is 10.3 Å². The van der Waals surface area contributed by atoms with Gasteiger partial charge in [-0.1, -0.05) is 6.07 Å². The van der Waals surface area contributed by atoms with E-state index in [1.165, 1.54) is 16.8 Å². The van der Waals surface area contributed by atoms with Gasteiger partial charge in [0.1, 0.15) is 5.82 Å². The van der Waals surface area contributed by atoms with E-state index in [-0.39, 0.29) is 17.8 Å². The molecule has 0 spiro atoms. The summed E-state index contributed by atoms with van der Waals surface area (Å²) in [4.78, 5) is 26.5. The van der Waals surface area contributed by atoms with Crippen LogP contribution in [0.5, 0.6) is 0 Å². The summed E-state index contributed by atoms with van der Waals surface area (Å²) in [6.45, 7) is 1.77. The molecule has 2 heterocycles. The summed E-state index contributed by atoms with van der Waals surface area (Å²) in [6.07, 6.45) is 2.90. The molecule has 2 aromatic heterocycles. The molecule has 104 valence electrons. The minimum Gasteiger partial charge on any atom is -0.373 e. The van der Waals surface area contributed by atoms with Crippen LogP contribution in [-0.4, -0.2) is 21.5 Å². The SMILES string of the molecule is CNc1ncccc1Cn1cc([N+](=O)[O-])c(C)cc1=O. The van der Waals surface area contributed by atoms with Crippen LogP contribution in [0.15, 0.2) is 35.4 Å². The van der Waals surface area contributed by atoms with E-state index in [9.17, 15) is 14.9 Å². The van der Waals surface area contributed by atoms with Crippen molar-refractivity contribution in [2.24, 2.45) is 0 Å². The molecule has 0 fully saturated rings. The van der Waals surface area contributed by atoms with Crippen molar-refractivity contribution in [1.29, 1.82) is 0 Å². The normalized spacial score (nSPS) is 10.3. The van der Waals surface area contributed by atoms with Gasteiger partial charge in [0.15, 0.2) is 0 Å². The van der Waals surface area contributed by atoms with Crippen LogP contribution in [0.3, 0.4) is 0 Å². The van der Waals surface area contributed by atoms with Crippen molar-refractivity contribution < 1.29 is 4.92 Å². The van der Waals surface area contributed by atoms with Crippen LogP contribution < -0.4 is 10.9 Å². The Hall–Kier alpha value is -2.70. The van der Waals surface area contributed by atoms with E-state index in [1.54, 1.807) is 26.2 Å². The van der Waals surface area contributed by atoms with Gasteiger partial charge in [-0.25, -0.2) is 4.98 Å². The molecule has 0 saturated heterocycles. The fourth-order valence-corrected chi connectivity index (χ4v) is 1.94. The lowest BCUT2D eigenvalue weighted by Crippen LogP contribution is -2.21. The van der Waals surface area contributed by atoms with Crippen molar-refractivity contribution in [3.8, 4) is 0 Å². The average molecular weight is 274 g/mol. The maximum atomic E-state index is 11.9. The zero-order chi connectivity index (χ0) is 14.7. The highest BCUT2D eigenvalue weighted by Crippen LogP contribution is 2.16. The van der Waals surface area contributed by atoms with E-state index in [4.69, 9.17) is 0 Å². The first-order valence-corrected chi connectivity index (χ1v) is 6.00. The van der Waals surface area contributed by atoms with E-state index in [1.807, 2.05) is 6.07 Å². The predicted molar refractivity (Wildman–Crippen MR) is 75.0 cm³/mol. The maximum Gasteiger partial charge on any atom is 0.288 e. The molecule has 1 N–H and O–H groups in total. The van der Waals surface area contributed by atoms with Gasteiger partial charge in [0, 0.05) is 30.4 Å². The largest absolute Gasteiger partial charge is 0.373 e. The van der Waals surface area contributed by atoms with Crippen LogP contribution in [0.25, 0.3) is 0 Å². The third kappa shape index (κ3) is 2.66. The minimum absolute atomic E-state index is 0.0699. The number of aryl methyl sites for hydroxylation is 1. The number of hydrogen-bond acceptors (Lipinski definition) is 5. The summed E-state index contributed by atoms with van der Waals surface area (Å²) in [5.41, 5.74) is 0.796. The monoisotopic (exact) mass is 274 g/mol. The lowest BCUT2D eigenvalue weighted by atomic mass is 10.2. The van der Waals surface area contributed by atoms with Crippen molar-refractivity contribution in [2.45, 2.75) is 13.5 Å². The number of nitrogens with zero attached hydrogens (tertiary/aromatic N) is 3. The number of pyridine rings is 2. The Balaban J connectivity index is 2.46. The van der Waals surface area contributed by atoms with Crippen LogP contribution >= 0.6 is 0 Å². The molecule has 0 aliphatic heterocycles. The van der Waals surface area contributed by atoms with Gasteiger partial charge < -0.3 is 9.88 Å². The van der Waals surface area contributed by atoms with Crippen LogP contribution in [-0.2, 0) is 6.54 Å². The number of nitrogens with one attached hydrogen (secondary N) is 1. The predicted octanol–water partition coefficient (Wildman–Crippen LogP) is 1.55. The van der Waals surface area contributed by atoms with Crippen molar-refractivity contribution >= 4 is 11.5 Å². The van der Waals surface area contributed by atoms with E-state index in [0.717, 1.165) is 5.56 Å². The lowest BCUT2D eigenvalue weighted by molar-refractivity contribution is -0.385. The highest BCUT2D eigenvalue weighted by Gasteiger charge is 2.14. The zero-order valence-electron chi connectivity index (χ0n) is 11.2. The molecule has 7 heteroatoms. The number of anilines is 1. The molecule has 0 amide bonds. The van der Waals surface area contributed by atoms with Gasteiger partial charge in [0.2, 0.25) is 0 Å². The van der Waals surface area contributed by atoms with Crippen LogP contribution in [0.1, 0.15) is 11.1 Å². The van der Waals surface area contributed by atoms with Gasteiger partial charge in [-0.05, 0) is 13.0 Å². The van der Waals surface area contributed by atoms with Gasteiger partial charge in [-0.3, -0.25) is 14.9 Å². The van der Waals surface area contributed by atoms with Crippen molar-refractivity contribution in [2.75, 3.05) is 12.4 Å². The van der Waals surface area contributed by atoms with Crippen LogP contribution in [0.2, 0.25) is 0 Å². The lowest BCUT2D eigenvalue weighted by Gasteiger charge is -2.10. The average Bonchev–Trinajstić information content (AvgIpc) is 2.42. The fourth-order valence-electron chi connectivity index (χ4n) is 1.94. The molecule has 20 heavy (non-hydrogen) atoms. The van der Waals surface area contributed by atoms with Crippen molar-refractivity contribution in [3.05, 3.63) is 62.2 Å². The summed E-state index contributed by atoms with van der Waals surface area (Å²) in [6, 6.07) is 4.84. The Morgan fingerprint density at radius 3 is 2.90 bits per heavy atom. The number of rotatable bonds is 4. The Morgan fingerprint density at radius 1 is 1.50 bits per heavy atom. The highest BCUT2D eigenvalue weighted by atomic mass is 16.6. The first-order valence-electron chi connectivity index (χ1n) is 6.00. The molecule has 7 nitrogen and oxygen atoms in total. The van der Waals surface area contributed by atoms with Gasteiger partial charge in [-0.2, -0.15) is 0 Å². The van der Waals surface area contributed by atoms with Crippen molar-refractivity contribution in [3.63, 3.8) is 0 Å². The second kappa shape index (κ2) is 5.52. The van der Waals surface area contributed by atoms with E-state index in [0.29, 0.717) is 11.4 Å². The first kappa shape index (κ1) is 13.7. The van der Waals surface area contributed by atoms with Crippen LogP contribution in [0, 0.1) is 17.0 Å². The molecule has 2 aromatic rings. The Kier molecular flexibility index (Phi) is 3.79. The van der Waals surface area contributed by atoms with Gasteiger partial charge >= 0.3 is 0 Å². The Bertz CT molecular complexity index is 709. The molecule has 0 saturated carbocycles. The smallest absolute Gasteiger partial charge is 0.288 e. The van der Waals surface area contributed by atoms with E-state index < -0.39 is 4.92 Å². The molecular weight excluding hydrogens is 260 g/mol. The third-order valence-electron chi connectivity index (χ3n) is 2.97. The number of aromatic nitrogens is 2. The molecule has 0 radical (unpaired) electrons. The molecular formula is C13H14N4O3. The van der Waals surface area contributed by atoms with Crippen molar-refractivity contribution in [1.82, 2.24) is 9.55 Å². The summed E-state index contributed by atoms with van der Waals surface area (Å²) < 4.78 is 1.31. The molecule has 0 atom stereocenters. The summed E-state index contributed by atoms with van der Waals surface area (Å²) in [5, 5.41) is 13.8. The first-order chi connectivity index (χ1) is 9.52. The summed E-state index contributed by atoms with van der Waals surface area (Å²) >= 11 is 0. The minimum atomic E-state index is -0.493. The number of nitro groups is 1. The van der Waals surface area contributed by atoms with Crippen LogP contribution in [0.4, 0.5) is 11.5 Å². The van der Waals surface area contributed by atoms with Gasteiger partial charge in [0.25, 0.3) is 11.2 Å². The Labute approximate surface area is 115 Å². The Morgan fingerprint density at radius 2 is 2.25 bits per heavy atom. The number of hydrogen-bond donors (Lipinski definition) is 1. The molecule has 2 rings (SSSR count). The summed E-state index contributed by atoms with van der Waals surface area (Å²) in [5.74, 6) is 0.641. The van der Waals surface area contributed by atoms with E-state index >= 15 is 0 Å². The maximum absolute atomic E-state index is 11.9. The second-order valence-corrected chi connectivity index (χ2v) is 4.33. The molecule has 0 aliphatic carbocycles. The molecule has 0 bridgehead atoms. The third-order valence-corrected chi connectivity index (χ3v) is 2.97. The summed E-state index contributed by atoms with van der Waals surface area (Å²) in [7, 11) is 1.73. The topological polar surface area (TPSA) is 90.1 Å². The standard InChI is InChI=1S/C13H14N4O3/c1-9-6-12(18)16(8-11(9)17(19)20)7-10-4-3-5-15-13(10)14-2/h3-6,8H,7H2,1-2H3,(H,14,15). The molecule has 0 unspecified atom stereocenters. The quantitative estimate of drug-likeness (QED) is 0.674. The zero-order valence-corrected chi connectivity index (χ0v) is 11.2.